The first-order valence-corrected chi connectivity index (χ1v) is 9.19. The Balaban J connectivity index is 1.57. The Morgan fingerprint density at radius 1 is 1.18 bits per heavy atom. The van der Waals surface area contributed by atoms with E-state index in [9.17, 15) is 15.3 Å². The number of fused-ring (bicyclic) bond motifs is 1. The fourth-order valence-electron chi connectivity index (χ4n) is 3.50. The van der Waals surface area contributed by atoms with Crippen molar-refractivity contribution >= 4 is 16.9 Å². The van der Waals surface area contributed by atoms with Gasteiger partial charge >= 0.3 is 0 Å². The number of aliphatic hydroxyl groups excluding tert-OH is 3. The third kappa shape index (κ3) is 3.45. The Morgan fingerprint density at radius 2 is 1.96 bits per heavy atom. The molecule has 0 unspecified atom stereocenters. The topological polar surface area (TPSA) is 126 Å². The van der Waals surface area contributed by atoms with Crippen molar-refractivity contribution < 1.29 is 20.1 Å². The minimum Gasteiger partial charge on any atom is -0.394 e. The molecule has 0 amide bonds. The van der Waals surface area contributed by atoms with Crippen molar-refractivity contribution in [2.24, 2.45) is 0 Å². The van der Waals surface area contributed by atoms with Crippen molar-refractivity contribution in [2.75, 3.05) is 11.9 Å². The minimum absolute atomic E-state index is 0.123. The highest BCUT2D eigenvalue weighted by molar-refractivity contribution is 5.86. The van der Waals surface area contributed by atoms with Crippen LogP contribution in [0.15, 0.2) is 42.9 Å². The predicted octanol–water partition coefficient (Wildman–Crippen LogP) is 0.481. The molecule has 2 aromatic heterocycles. The second-order valence-corrected chi connectivity index (χ2v) is 7.01. The van der Waals surface area contributed by atoms with Crippen LogP contribution in [0.1, 0.15) is 18.7 Å². The number of rotatable bonds is 6. The lowest BCUT2D eigenvalue weighted by Crippen LogP contribution is -2.33. The molecule has 5 atom stereocenters. The number of anilines is 1. The summed E-state index contributed by atoms with van der Waals surface area (Å²) in [6.45, 7) is 1.67. The molecule has 1 saturated heterocycles. The molecule has 9 heteroatoms. The molecule has 0 bridgehead atoms. The molecule has 1 aliphatic rings. The van der Waals surface area contributed by atoms with Crippen LogP contribution in [-0.2, 0) is 11.2 Å². The first-order chi connectivity index (χ1) is 13.6. The zero-order valence-electron chi connectivity index (χ0n) is 15.4. The fraction of sp³-hybridized carbons (Fsp3) is 0.421. The molecule has 3 heterocycles. The minimum atomic E-state index is -1.22. The maximum atomic E-state index is 10.3. The van der Waals surface area contributed by atoms with Gasteiger partial charge in [-0.25, -0.2) is 14.6 Å². The highest BCUT2D eigenvalue weighted by atomic mass is 16.6. The number of ether oxygens (including phenoxy) is 1. The molecule has 0 spiro atoms. The number of aliphatic hydroxyl groups is 3. The van der Waals surface area contributed by atoms with Crippen molar-refractivity contribution in [2.45, 2.75) is 43.9 Å². The van der Waals surface area contributed by atoms with E-state index in [1.165, 1.54) is 16.6 Å². The van der Waals surface area contributed by atoms with Crippen molar-refractivity contribution in [3.05, 3.63) is 48.4 Å². The lowest BCUT2D eigenvalue weighted by Gasteiger charge is -2.17. The second-order valence-electron chi connectivity index (χ2n) is 7.01. The molecule has 1 aromatic carbocycles. The van der Waals surface area contributed by atoms with E-state index in [0.717, 1.165) is 6.42 Å². The van der Waals surface area contributed by atoms with Gasteiger partial charge in [-0.2, -0.15) is 5.10 Å². The van der Waals surface area contributed by atoms with Gasteiger partial charge in [-0.15, -0.1) is 0 Å². The molecular weight excluding hydrogens is 362 g/mol. The van der Waals surface area contributed by atoms with E-state index in [1.807, 2.05) is 18.2 Å². The molecule has 3 aromatic rings. The lowest BCUT2D eigenvalue weighted by molar-refractivity contribution is -0.0566. The van der Waals surface area contributed by atoms with E-state index in [-0.39, 0.29) is 6.04 Å². The first-order valence-electron chi connectivity index (χ1n) is 9.19. The van der Waals surface area contributed by atoms with Gasteiger partial charge in [-0.3, -0.25) is 0 Å². The van der Waals surface area contributed by atoms with Gasteiger partial charge in [-0.1, -0.05) is 30.3 Å². The Morgan fingerprint density at radius 3 is 2.68 bits per heavy atom. The van der Waals surface area contributed by atoms with E-state index in [2.05, 4.69) is 39.4 Å². The molecular formula is C19H23N5O4. The van der Waals surface area contributed by atoms with Crippen LogP contribution in [0.25, 0.3) is 11.0 Å². The van der Waals surface area contributed by atoms with Crippen LogP contribution in [0.4, 0.5) is 5.82 Å². The summed E-state index contributed by atoms with van der Waals surface area (Å²) in [6, 6.07) is 10.3. The Hall–Kier alpha value is -2.59. The van der Waals surface area contributed by atoms with Gasteiger partial charge in [-0.05, 0) is 18.9 Å². The van der Waals surface area contributed by atoms with Crippen LogP contribution in [0.5, 0.6) is 0 Å². The van der Waals surface area contributed by atoms with E-state index in [1.54, 1.807) is 6.20 Å². The summed E-state index contributed by atoms with van der Waals surface area (Å²) < 4.78 is 6.97. The Bertz CT molecular complexity index is 934. The molecule has 9 nitrogen and oxygen atoms in total. The van der Waals surface area contributed by atoms with Crippen LogP contribution in [0, 0.1) is 0 Å². The number of benzene rings is 1. The largest absolute Gasteiger partial charge is 0.394 e. The van der Waals surface area contributed by atoms with Gasteiger partial charge in [0, 0.05) is 6.04 Å². The standard InChI is InChI=1S/C19H23N5O4/c1-11(7-12-5-3-2-4-6-12)23-17-13-8-22-24(18(13)21-10-20-17)19-16(27)15(26)14(9-25)28-19/h2-6,8,10-11,14-16,19,25-27H,7,9H2,1H3,(H,20,21,23)/t11-,14+,15+,16+,19+/m0/s1. The summed E-state index contributed by atoms with van der Waals surface area (Å²) >= 11 is 0. The summed E-state index contributed by atoms with van der Waals surface area (Å²) in [6.07, 6.45) is -0.377. The van der Waals surface area contributed by atoms with Crippen LogP contribution in [-0.4, -0.2) is 66.0 Å². The first kappa shape index (κ1) is 18.8. The van der Waals surface area contributed by atoms with Crippen LogP contribution in [0.3, 0.4) is 0 Å². The zero-order chi connectivity index (χ0) is 19.7. The number of nitrogens with zero attached hydrogens (tertiary/aromatic N) is 4. The van der Waals surface area contributed by atoms with Crippen molar-refractivity contribution in [1.82, 2.24) is 19.7 Å². The molecule has 0 aliphatic carbocycles. The van der Waals surface area contributed by atoms with Gasteiger partial charge in [0.2, 0.25) is 0 Å². The number of aromatic nitrogens is 4. The van der Waals surface area contributed by atoms with Gasteiger partial charge in [0.25, 0.3) is 0 Å². The second kappa shape index (κ2) is 7.80. The SMILES string of the molecule is C[C@@H](Cc1ccccc1)Nc1ncnc2c1cnn2[C@@H]1O[C@H](CO)[C@@H](O)[C@H]1O. The average Bonchev–Trinajstić information content (AvgIpc) is 3.25. The van der Waals surface area contributed by atoms with Crippen LogP contribution >= 0.6 is 0 Å². The summed E-state index contributed by atoms with van der Waals surface area (Å²) in [5.41, 5.74) is 1.69. The van der Waals surface area contributed by atoms with E-state index >= 15 is 0 Å². The van der Waals surface area contributed by atoms with Crippen molar-refractivity contribution in [3.8, 4) is 0 Å². The van der Waals surface area contributed by atoms with Gasteiger partial charge in [0.15, 0.2) is 11.9 Å². The summed E-state index contributed by atoms with van der Waals surface area (Å²) in [5, 5.41) is 37.9. The number of hydrogen-bond donors (Lipinski definition) is 4. The monoisotopic (exact) mass is 385 g/mol. The van der Waals surface area contributed by atoms with Crippen molar-refractivity contribution in [3.63, 3.8) is 0 Å². The molecule has 1 aliphatic heterocycles. The normalized spacial score (nSPS) is 25.9. The van der Waals surface area contributed by atoms with Crippen LogP contribution < -0.4 is 5.32 Å². The quantitative estimate of drug-likeness (QED) is 0.483. The smallest absolute Gasteiger partial charge is 0.181 e. The molecule has 4 N–H and O–H groups in total. The highest BCUT2D eigenvalue weighted by Crippen LogP contribution is 2.32. The maximum Gasteiger partial charge on any atom is 0.181 e. The summed E-state index contributed by atoms with van der Waals surface area (Å²) in [4.78, 5) is 8.59. The lowest BCUT2D eigenvalue weighted by atomic mass is 10.1. The van der Waals surface area contributed by atoms with Crippen molar-refractivity contribution in [1.29, 1.82) is 0 Å². The van der Waals surface area contributed by atoms with Gasteiger partial charge in [0.05, 0.1) is 18.2 Å². The van der Waals surface area contributed by atoms with E-state index in [0.29, 0.717) is 16.9 Å². The Labute approximate surface area is 161 Å². The molecule has 1 fully saturated rings. The number of nitrogens with one attached hydrogen (secondary N) is 1. The Kier molecular flexibility index (Phi) is 5.23. The zero-order valence-corrected chi connectivity index (χ0v) is 15.4. The third-order valence-electron chi connectivity index (χ3n) is 4.92. The third-order valence-corrected chi connectivity index (χ3v) is 4.92. The molecule has 148 valence electrons. The van der Waals surface area contributed by atoms with Gasteiger partial charge in [0.1, 0.15) is 30.5 Å². The molecule has 4 rings (SSSR count). The van der Waals surface area contributed by atoms with Gasteiger partial charge < -0.3 is 25.4 Å². The predicted molar refractivity (Wildman–Crippen MR) is 102 cm³/mol. The number of hydrogen-bond acceptors (Lipinski definition) is 8. The van der Waals surface area contributed by atoms with E-state index in [4.69, 9.17) is 4.74 Å². The van der Waals surface area contributed by atoms with Crippen LogP contribution in [0.2, 0.25) is 0 Å². The molecule has 0 saturated carbocycles. The highest BCUT2D eigenvalue weighted by Gasteiger charge is 2.44. The average molecular weight is 385 g/mol. The summed E-state index contributed by atoms with van der Waals surface area (Å²) in [7, 11) is 0. The maximum absolute atomic E-state index is 10.3. The fourth-order valence-corrected chi connectivity index (χ4v) is 3.50. The molecule has 0 radical (unpaired) electrons. The molecule has 28 heavy (non-hydrogen) atoms. The van der Waals surface area contributed by atoms with E-state index < -0.39 is 31.1 Å². The summed E-state index contributed by atoms with van der Waals surface area (Å²) in [5.74, 6) is 0.631.